The van der Waals surface area contributed by atoms with Crippen LogP contribution in [0.15, 0.2) is 83.6 Å². The number of pyridine rings is 1. The highest BCUT2D eigenvalue weighted by atomic mass is 79.9. The van der Waals surface area contributed by atoms with Gasteiger partial charge in [-0.25, -0.2) is 0 Å². The van der Waals surface area contributed by atoms with Gasteiger partial charge in [-0.3, -0.25) is 4.98 Å². The van der Waals surface area contributed by atoms with Crippen LogP contribution in [0.3, 0.4) is 0 Å². The molecule has 0 spiro atoms. The molecule has 3 heteroatoms. The Bertz CT molecular complexity index is 959. The first-order chi connectivity index (χ1) is 11.8. The van der Waals surface area contributed by atoms with Crippen LogP contribution in [0.1, 0.15) is 11.3 Å². The average Bonchev–Trinajstić information content (AvgIpc) is 2.99. The van der Waals surface area contributed by atoms with Crippen molar-refractivity contribution < 1.29 is 0 Å². The molecule has 4 rings (SSSR count). The van der Waals surface area contributed by atoms with E-state index in [1.54, 1.807) is 0 Å². The van der Waals surface area contributed by atoms with Crippen LogP contribution in [0.2, 0.25) is 0 Å². The maximum atomic E-state index is 4.44. The molecule has 0 aliphatic rings. The fraction of sp³-hybridized carbons (Fsp3) is 0.0952. The zero-order valence-electron chi connectivity index (χ0n) is 13.2. The lowest BCUT2D eigenvalue weighted by Gasteiger charge is -2.04. The normalized spacial score (nSPS) is 11.0. The monoisotopic (exact) mass is 376 g/mol. The molecule has 0 N–H and O–H groups in total. The average molecular weight is 377 g/mol. The summed E-state index contributed by atoms with van der Waals surface area (Å²) in [6.45, 7) is 0. The molecule has 0 aliphatic heterocycles. The van der Waals surface area contributed by atoms with Gasteiger partial charge in [-0.2, -0.15) is 0 Å². The number of nitrogens with zero attached hydrogens (tertiary/aromatic N) is 2. The second-order valence-electron chi connectivity index (χ2n) is 5.84. The number of aryl methyl sites for hydroxylation is 2. The third kappa shape index (κ3) is 3.00. The lowest BCUT2D eigenvalue weighted by atomic mass is 10.1. The largest absolute Gasteiger partial charge is 0.316 e. The number of halogens is 1. The minimum atomic E-state index is 0.946. The van der Waals surface area contributed by atoms with Crippen molar-refractivity contribution in [2.75, 3.05) is 0 Å². The smallest absolute Gasteiger partial charge is 0.0532 e. The Balaban J connectivity index is 1.76. The summed E-state index contributed by atoms with van der Waals surface area (Å²) in [6.07, 6.45) is 6.04. The fourth-order valence-corrected chi connectivity index (χ4v) is 3.44. The Morgan fingerprint density at radius 2 is 1.71 bits per heavy atom. The topological polar surface area (TPSA) is 17.8 Å². The number of para-hydroxylation sites is 1. The molecule has 0 saturated heterocycles. The predicted octanol–water partition coefficient (Wildman–Crippen LogP) is 5.57. The van der Waals surface area contributed by atoms with E-state index in [4.69, 9.17) is 0 Å². The molecule has 0 fully saturated rings. The highest BCUT2D eigenvalue weighted by molar-refractivity contribution is 9.10. The van der Waals surface area contributed by atoms with Crippen molar-refractivity contribution in [3.05, 3.63) is 94.9 Å². The van der Waals surface area contributed by atoms with Gasteiger partial charge in [0.15, 0.2) is 0 Å². The summed E-state index contributed by atoms with van der Waals surface area (Å²) in [7, 11) is 0. The number of aromatic nitrogens is 2. The Kier molecular flexibility index (Phi) is 4.18. The van der Waals surface area contributed by atoms with Crippen molar-refractivity contribution in [2.45, 2.75) is 12.8 Å². The van der Waals surface area contributed by atoms with Crippen LogP contribution in [-0.4, -0.2) is 9.55 Å². The van der Waals surface area contributed by atoms with E-state index in [2.05, 4.69) is 80.2 Å². The molecular formula is C21H17BrN2. The second-order valence-corrected chi connectivity index (χ2v) is 6.76. The molecule has 0 unspecified atom stereocenters. The van der Waals surface area contributed by atoms with Gasteiger partial charge in [0, 0.05) is 33.6 Å². The van der Waals surface area contributed by atoms with Crippen LogP contribution >= 0.6 is 15.9 Å². The van der Waals surface area contributed by atoms with E-state index in [0.29, 0.717) is 0 Å². The first kappa shape index (κ1) is 15.2. The van der Waals surface area contributed by atoms with Gasteiger partial charge in [-0.05, 0) is 60.9 Å². The standard InChI is InChI=1S/C21H17BrN2/c22-17-10-12-21-20(14-17)16(9-11-18-6-4-5-13-23-18)15-24(21)19-7-2-1-3-8-19/h1-8,10,12-15H,9,11H2. The number of rotatable bonds is 4. The molecule has 4 aromatic rings. The van der Waals surface area contributed by atoms with Crippen LogP contribution in [0.5, 0.6) is 0 Å². The Morgan fingerprint density at radius 1 is 0.875 bits per heavy atom. The van der Waals surface area contributed by atoms with E-state index in [1.807, 2.05) is 24.4 Å². The lowest BCUT2D eigenvalue weighted by molar-refractivity contribution is 0.914. The number of hydrogen-bond acceptors (Lipinski definition) is 1. The van der Waals surface area contributed by atoms with Crippen LogP contribution in [0.4, 0.5) is 0 Å². The van der Waals surface area contributed by atoms with Gasteiger partial charge >= 0.3 is 0 Å². The summed E-state index contributed by atoms with van der Waals surface area (Å²) in [4.78, 5) is 4.44. The van der Waals surface area contributed by atoms with E-state index in [0.717, 1.165) is 23.0 Å². The molecule has 2 aromatic carbocycles. The van der Waals surface area contributed by atoms with Crippen LogP contribution in [-0.2, 0) is 12.8 Å². The zero-order chi connectivity index (χ0) is 16.4. The molecule has 0 bridgehead atoms. The van der Waals surface area contributed by atoms with E-state index in [9.17, 15) is 0 Å². The predicted molar refractivity (Wildman–Crippen MR) is 103 cm³/mol. The molecular weight excluding hydrogens is 360 g/mol. The quantitative estimate of drug-likeness (QED) is 0.454. The Morgan fingerprint density at radius 3 is 2.50 bits per heavy atom. The minimum absolute atomic E-state index is 0.946. The van der Waals surface area contributed by atoms with Gasteiger partial charge in [0.2, 0.25) is 0 Å². The van der Waals surface area contributed by atoms with Crippen molar-refractivity contribution in [1.29, 1.82) is 0 Å². The first-order valence-electron chi connectivity index (χ1n) is 8.06. The summed E-state index contributed by atoms with van der Waals surface area (Å²) in [5.41, 5.74) is 4.91. The van der Waals surface area contributed by atoms with Crippen molar-refractivity contribution in [3.8, 4) is 5.69 Å². The second kappa shape index (κ2) is 6.62. The number of benzene rings is 2. The molecule has 0 radical (unpaired) electrons. The lowest BCUT2D eigenvalue weighted by Crippen LogP contribution is -1.93. The van der Waals surface area contributed by atoms with Crippen LogP contribution < -0.4 is 0 Å². The number of hydrogen-bond donors (Lipinski definition) is 0. The summed E-state index contributed by atoms with van der Waals surface area (Å²) in [6, 6.07) is 23.1. The molecule has 0 amide bonds. The van der Waals surface area contributed by atoms with E-state index < -0.39 is 0 Å². The number of fused-ring (bicyclic) bond motifs is 1. The third-order valence-electron chi connectivity index (χ3n) is 4.26. The van der Waals surface area contributed by atoms with Crippen molar-refractivity contribution in [3.63, 3.8) is 0 Å². The molecule has 2 aromatic heterocycles. The summed E-state index contributed by atoms with van der Waals surface area (Å²) in [5.74, 6) is 0. The van der Waals surface area contributed by atoms with Crippen molar-refractivity contribution in [2.24, 2.45) is 0 Å². The van der Waals surface area contributed by atoms with Gasteiger partial charge in [0.1, 0.15) is 0 Å². The van der Waals surface area contributed by atoms with Gasteiger partial charge in [-0.1, -0.05) is 40.2 Å². The maximum absolute atomic E-state index is 4.44. The third-order valence-corrected chi connectivity index (χ3v) is 4.75. The van der Waals surface area contributed by atoms with Gasteiger partial charge in [0.05, 0.1) is 5.52 Å². The van der Waals surface area contributed by atoms with Crippen LogP contribution in [0.25, 0.3) is 16.6 Å². The van der Waals surface area contributed by atoms with E-state index in [1.165, 1.54) is 22.2 Å². The molecule has 24 heavy (non-hydrogen) atoms. The van der Waals surface area contributed by atoms with Crippen LogP contribution in [0, 0.1) is 0 Å². The van der Waals surface area contributed by atoms with Crippen molar-refractivity contribution in [1.82, 2.24) is 9.55 Å². The highest BCUT2D eigenvalue weighted by Crippen LogP contribution is 2.28. The highest BCUT2D eigenvalue weighted by Gasteiger charge is 2.10. The first-order valence-corrected chi connectivity index (χ1v) is 8.85. The van der Waals surface area contributed by atoms with E-state index in [-0.39, 0.29) is 0 Å². The summed E-state index contributed by atoms with van der Waals surface area (Å²) < 4.78 is 3.38. The van der Waals surface area contributed by atoms with Crippen molar-refractivity contribution >= 4 is 26.8 Å². The summed E-state index contributed by atoms with van der Waals surface area (Å²) in [5, 5.41) is 1.30. The fourth-order valence-electron chi connectivity index (χ4n) is 3.08. The Labute approximate surface area is 149 Å². The summed E-state index contributed by atoms with van der Waals surface area (Å²) >= 11 is 3.61. The molecule has 2 heterocycles. The van der Waals surface area contributed by atoms with Gasteiger partial charge in [0.25, 0.3) is 0 Å². The molecule has 0 atom stereocenters. The SMILES string of the molecule is Brc1ccc2c(c1)c(CCc1ccccn1)cn2-c1ccccc1. The minimum Gasteiger partial charge on any atom is -0.316 e. The maximum Gasteiger partial charge on any atom is 0.0532 e. The van der Waals surface area contributed by atoms with Gasteiger partial charge < -0.3 is 4.57 Å². The zero-order valence-corrected chi connectivity index (χ0v) is 14.8. The molecule has 2 nitrogen and oxygen atoms in total. The van der Waals surface area contributed by atoms with Gasteiger partial charge in [-0.15, -0.1) is 0 Å². The Hall–Kier alpha value is -2.39. The molecule has 0 aliphatic carbocycles. The molecule has 0 saturated carbocycles. The van der Waals surface area contributed by atoms with E-state index >= 15 is 0 Å². The molecule has 118 valence electrons.